The molecule has 10 heteroatoms. The van der Waals surface area contributed by atoms with Crippen LogP contribution in [0.15, 0.2) is 6.07 Å². The fourth-order valence-electron chi connectivity index (χ4n) is 1.12. The van der Waals surface area contributed by atoms with Gasteiger partial charge in [-0.3, -0.25) is 0 Å². The van der Waals surface area contributed by atoms with Crippen molar-refractivity contribution in [1.82, 2.24) is 4.98 Å². The van der Waals surface area contributed by atoms with Crippen molar-refractivity contribution < 1.29 is 26.9 Å². The lowest BCUT2D eigenvalue weighted by Gasteiger charge is -2.08. The summed E-state index contributed by atoms with van der Waals surface area (Å²) < 4.78 is 62.0. The molecule has 1 aromatic rings. The molecule has 0 N–H and O–H groups in total. The number of pyridine rings is 1. The average molecular weight is 267 g/mol. The van der Waals surface area contributed by atoms with Crippen molar-refractivity contribution >= 4 is 5.82 Å². The lowest BCUT2D eigenvalue weighted by molar-refractivity contribution is -0.392. The Morgan fingerprint density at radius 1 is 1.44 bits per heavy atom. The first kappa shape index (κ1) is 13.8. The second kappa shape index (κ2) is 4.52. The van der Waals surface area contributed by atoms with Crippen molar-refractivity contribution in [3.05, 3.63) is 33.0 Å². The zero-order valence-corrected chi connectivity index (χ0v) is 8.20. The first-order valence-electron chi connectivity index (χ1n) is 4.13. The van der Waals surface area contributed by atoms with Crippen LogP contribution in [-0.2, 0) is 6.18 Å². The molecule has 0 aliphatic heterocycles. The molecule has 1 rings (SSSR count). The van der Waals surface area contributed by atoms with Gasteiger partial charge in [-0.25, -0.2) is 8.78 Å². The Kier molecular flexibility index (Phi) is 3.45. The molecule has 0 amide bonds. The molecule has 0 spiro atoms. The second-order valence-electron chi connectivity index (χ2n) is 2.96. The van der Waals surface area contributed by atoms with Crippen molar-refractivity contribution in [1.29, 1.82) is 5.26 Å². The summed E-state index contributed by atoms with van der Waals surface area (Å²) in [4.78, 5) is 11.6. The average Bonchev–Trinajstić information content (AvgIpc) is 2.25. The third-order valence-corrected chi connectivity index (χ3v) is 1.85. The van der Waals surface area contributed by atoms with Crippen molar-refractivity contribution in [3.63, 3.8) is 0 Å². The molecule has 5 nitrogen and oxygen atoms in total. The quantitative estimate of drug-likeness (QED) is 0.468. The van der Waals surface area contributed by atoms with Crippen LogP contribution in [0.5, 0.6) is 0 Å². The molecule has 1 aromatic heterocycles. The van der Waals surface area contributed by atoms with Gasteiger partial charge in [-0.15, -0.1) is 0 Å². The molecule has 0 bridgehead atoms. The van der Waals surface area contributed by atoms with Crippen molar-refractivity contribution in [2.24, 2.45) is 0 Å². The van der Waals surface area contributed by atoms with Gasteiger partial charge in [0.2, 0.25) is 0 Å². The predicted octanol–water partition coefficient (Wildman–Crippen LogP) is 2.82. The number of alkyl halides is 5. The van der Waals surface area contributed by atoms with E-state index in [1.165, 1.54) is 0 Å². The van der Waals surface area contributed by atoms with Crippen LogP contribution in [0.4, 0.5) is 27.8 Å². The van der Waals surface area contributed by atoms with Gasteiger partial charge in [0.05, 0.1) is 5.56 Å². The summed E-state index contributed by atoms with van der Waals surface area (Å²) >= 11 is 0. The minimum absolute atomic E-state index is 0.131. The van der Waals surface area contributed by atoms with Gasteiger partial charge in [0.25, 0.3) is 12.1 Å². The van der Waals surface area contributed by atoms with E-state index >= 15 is 0 Å². The monoisotopic (exact) mass is 267 g/mol. The highest BCUT2D eigenvalue weighted by Gasteiger charge is 2.41. The maximum atomic E-state index is 12.4. The molecule has 0 unspecified atom stereocenters. The normalized spacial score (nSPS) is 11.4. The summed E-state index contributed by atoms with van der Waals surface area (Å²) in [5, 5.41) is 18.8. The van der Waals surface area contributed by atoms with Crippen molar-refractivity contribution in [2.45, 2.75) is 12.6 Å². The van der Waals surface area contributed by atoms with Crippen LogP contribution in [0.3, 0.4) is 0 Å². The van der Waals surface area contributed by atoms with Gasteiger partial charge >= 0.3 is 12.0 Å². The zero-order chi connectivity index (χ0) is 14.1. The lowest BCUT2D eigenvalue weighted by atomic mass is 10.1. The first-order chi connectivity index (χ1) is 8.18. The summed E-state index contributed by atoms with van der Waals surface area (Å²) in [5.41, 5.74) is -4.32. The van der Waals surface area contributed by atoms with Gasteiger partial charge in [-0.2, -0.15) is 18.4 Å². The van der Waals surface area contributed by atoms with E-state index in [4.69, 9.17) is 5.26 Å². The minimum atomic E-state index is -5.22. The highest BCUT2D eigenvalue weighted by Crippen LogP contribution is 2.37. The van der Waals surface area contributed by atoms with E-state index in [2.05, 4.69) is 4.98 Å². The summed E-state index contributed by atoms with van der Waals surface area (Å²) in [7, 11) is 0. The Morgan fingerprint density at radius 3 is 2.33 bits per heavy atom. The molecule has 0 atom stereocenters. The van der Waals surface area contributed by atoms with Crippen molar-refractivity contribution in [2.75, 3.05) is 0 Å². The largest absolute Gasteiger partial charge is 0.424 e. The number of nitrogens with zero attached hydrogens (tertiary/aromatic N) is 3. The van der Waals surface area contributed by atoms with Crippen LogP contribution in [0.2, 0.25) is 0 Å². The Bertz CT molecular complexity index is 535. The fraction of sp³-hybridized carbons (Fsp3) is 0.250. The Balaban J connectivity index is 3.65. The molecule has 0 aliphatic carbocycles. The van der Waals surface area contributed by atoms with E-state index in [-0.39, 0.29) is 6.07 Å². The first-order valence-corrected chi connectivity index (χ1v) is 4.13. The Labute approximate surface area is 95.6 Å². The zero-order valence-electron chi connectivity index (χ0n) is 8.20. The topological polar surface area (TPSA) is 79.8 Å². The molecular weight excluding hydrogens is 265 g/mol. The van der Waals surface area contributed by atoms with Gasteiger partial charge in [0.1, 0.15) is 6.07 Å². The van der Waals surface area contributed by atoms with Gasteiger partial charge < -0.3 is 10.1 Å². The van der Waals surface area contributed by atoms with E-state index in [1.54, 1.807) is 0 Å². The van der Waals surface area contributed by atoms with Crippen LogP contribution < -0.4 is 0 Å². The molecule has 0 aromatic carbocycles. The van der Waals surface area contributed by atoms with Crippen LogP contribution >= 0.6 is 0 Å². The van der Waals surface area contributed by atoms with Crippen LogP contribution in [0.25, 0.3) is 0 Å². The number of nitriles is 1. The van der Waals surface area contributed by atoms with Crippen molar-refractivity contribution in [3.8, 4) is 6.07 Å². The highest BCUT2D eigenvalue weighted by molar-refractivity contribution is 5.45. The highest BCUT2D eigenvalue weighted by atomic mass is 19.4. The molecule has 1 heterocycles. The Hall–Kier alpha value is -2.31. The van der Waals surface area contributed by atoms with E-state index in [0.29, 0.717) is 0 Å². The number of rotatable bonds is 2. The fourth-order valence-corrected chi connectivity index (χ4v) is 1.12. The van der Waals surface area contributed by atoms with E-state index in [9.17, 15) is 32.1 Å². The summed E-state index contributed by atoms with van der Waals surface area (Å²) in [6, 6.07) is 0.957. The molecule has 0 saturated heterocycles. The number of hydrogen-bond acceptors (Lipinski definition) is 4. The third kappa shape index (κ3) is 2.50. The smallest absolute Gasteiger partial charge is 0.358 e. The molecule has 0 radical (unpaired) electrons. The number of nitro groups is 1. The summed E-state index contributed by atoms with van der Waals surface area (Å²) in [6.45, 7) is 0. The second-order valence-corrected chi connectivity index (χ2v) is 2.96. The van der Waals surface area contributed by atoms with Gasteiger partial charge in [-0.05, 0) is 16.0 Å². The van der Waals surface area contributed by atoms with E-state index in [1.807, 2.05) is 0 Å². The number of hydrogen-bond donors (Lipinski definition) is 0. The molecule has 0 saturated carbocycles. The molecule has 18 heavy (non-hydrogen) atoms. The van der Waals surface area contributed by atoms with Gasteiger partial charge in [0, 0.05) is 0 Å². The molecule has 0 fully saturated rings. The van der Waals surface area contributed by atoms with Gasteiger partial charge in [-0.1, -0.05) is 0 Å². The van der Waals surface area contributed by atoms with E-state index < -0.39 is 40.2 Å². The number of halogens is 5. The summed E-state index contributed by atoms with van der Waals surface area (Å²) in [5.74, 6) is -1.68. The SMILES string of the molecule is N#Cc1nc([N+](=O)[O-])c(C(F)(F)F)cc1C(F)F. The number of aromatic nitrogens is 1. The predicted molar refractivity (Wildman–Crippen MR) is 45.6 cm³/mol. The van der Waals surface area contributed by atoms with E-state index in [0.717, 1.165) is 6.07 Å². The minimum Gasteiger partial charge on any atom is -0.358 e. The summed E-state index contributed by atoms with van der Waals surface area (Å²) in [6.07, 6.45) is -8.61. The molecule has 96 valence electrons. The maximum absolute atomic E-state index is 12.4. The maximum Gasteiger partial charge on any atom is 0.424 e. The van der Waals surface area contributed by atoms with Gasteiger partial charge in [0.15, 0.2) is 5.56 Å². The van der Waals surface area contributed by atoms with Crippen LogP contribution in [-0.4, -0.2) is 9.91 Å². The molecule has 0 aliphatic rings. The van der Waals surface area contributed by atoms with Crippen LogP contribution in [0, 0.1) is 21.4 Å². The molecular formula is C8H2F5N3O2. The third-order valence-electron chi connectivity index (χ3n) is 1.85. The standard InChI is InChI=1S/C8H2F5N3O2/c9-6(10)3-1-4(8(11,12)13)7(16(17)18)15-5(3)2-14/h1,6H. The van der Waals surface area contributed by atoms with Crippen LogP contribution in [0.1, 0.15) is 23.2 Å². The Morgan fingerprint density at radius 2 is 2.00 bits per heavy atom. The lowest BCUT2D eigenvalue weighted by Crippen LogP contribution is -2.13.